The van der Waals surface area contributed by atoms with Gasteiger partial charge in [-0.15, -0.1) is 0 Å². The standard InChI is InChI=1S/C9H11NO4/c1-5(11)14-7-4-6-2-3-8(12)10(6)9(7)13/h6-7H,2-4H2,1H3/t6-,7+/m0/s1. The van der Waals surface area contributed by atoms with Crippen LogP contribution in [0.2, 0.25) is 0 Å². The number of amides is 2. The number of imide groups is 1. The molecule has 0 aromatic heterocycles. The van der Waals surface area contributed by atoms with Gasteiger partial charge in [0.15, 0.2) is 6.10 Å². The average Bonchev–Trinajstić information content (AvgIpc) is 2.57. The van der Waals surface area contributed by atoms with E-state index in [1.54, 1.807) is 0 Å². The Labute approximate surface area is 81.0 Å². The Morgan fingerprint density at radius 2 is 2.21 bits per heavy atom. The largest absolute Gasteiger partial charge is 0.452 e. The molecule has 2 fully saturated rings. The summed E-state index contributed by atoms with van der Waals surface area (Å²) < 4.78 is 4.83. The number of esters is 1. The van der Waals surface area contributed by atoms with E-state index in [-0.39, 0.29) is 17.9 Å². The van der Waals surface area contributed by atoms with Gasteiger partial charge >= 0.3 is 5.97 Å². The third kappa shape index (κ3) is 1.29. The molecule has 0 aromatic carbocycles. The minimum Gasteiger partial charge on any atom is -0.452 e. The summed E-state index contributed by atoms with van der Waals surface area (Å²) in [6.07, 6.45) is 0.858. The van der Waals surface area contributed by atoms with Crippen molar-refractivity contribution >= 4 is 17.8 Å². The van der Waals surface area contributed by atoms with Crippen molar-refractivity contribution in [2.75, 3.05) is 0 Å². The zero-order valence-electron chi connectivity index (χ0n) is 7.86. The molecule has 14 heavy (non-hydrogen) atoms. The highest BCUT2D eigenvalue weighted by molar-refractivity contribution is 6.01. The zero-order chi connectivity index (χ0) is 10.3. The highest BCUT2D eigenvalue weighted by Gasteiger charge is 2.47. The topological polar surface area (TPSA) is 63.7 Å². The Kier molecular flexibility index (Phi) is 2.02. The molecule has 0 spiro atoms. The van der Waals surface area contributed by atoms with Crippen molar-refractivity contribution in [1.29, 1.82) is 0 Å². The molecule has 2 aliphatic rings. The number of carbonyl (C=O) groups excluding carboxylic acids is 3. The van der Waals surface area contributed by atoms with Gasteiger partial charge in [-0.2, -0.15) is 0 Å². The highest BCUT2D eigenvalue weighted by Crippen LogP contribution is 2.31. The Balaban J connectivity index is 2.10. The zero-order valence-corrected chi connectivity index (χ0v) is 7.86. The van der Waals surface area contributed by atoms with E-state index < -0.39 is 12.1 Å². The van der Waals surface area contributed by atoms with Crippen LogP contribution in [0, 0.1) is 0 Å². The molecule has 76 valence electrons. The summed E-state index contributed by atoms with van der Waals surface area (Å²) in [6.45, 7) is 1.26. The van der Waals surface area contributed by atoms with Crippen molar-refractivity contribution in [2.45, 2.75) is 38.3 Å². The molecule has 2 aliphatic heterocycles. The van der Waals surface area contributed by atoms with Gasteiger partial charge in [-0.25, -0.2) is 0 Å². The highest BCUT2D eigenvalue weighted by atomic mass is 16.5. The van der Waals surface area contributed by atoms with Gasteiger partial charge in [-0.1, -0.05) is 0 Å². The molecule has 2 rings (SSSR count). The van der Waals surface area contributed by atoms with Crippen LogP contribution in [0.15, 0.2) is 0 Å². The predicted molar refractivity (Wildman–Crippen MR) is 45.0 cm³/mol. The first-order valence-corrected chi connectivity index (χ1v) is 4.62. The molecule has 5 heteroatoms. The third-order valence-electron chi connectivity index (χ3n) is 2.63. The van der Waals surface area contributed by atoms with Crippen LogP contribution in [0.5, 0.6) is 0 Å². The SMILES string of the molecule is CC(=O)O[C@@H]1C[C@@H]2CCC(=O)N2C1=O. The minimum atomic E-state index is -0.734. The quantitative estimate of drug-likeness (QED) is 0.433. The van der Waals surface area contributed by atoms with E-state index in [9.17, 15) is 14.4 Å². The molecule has 5 nitrogen and oxygen atoms in total. The summed E-state index contributed by atoms with van der Waals surface area (Å²) in [5, 5.41) is 0. The van der Waals surface area contributed by atoms with Crippen LogP contribution in [0.1, 0.15) is 26.2 Å². The number of hydrogen-bond donors (Lipinski definition) is 0. The number of rotatable bonds is 1. The van der Waals surface area contributed by atoms with Crippen molar-refractivity contribution in [2.24, 2.45) is 0 Å². The number of fused-ring (bicyclic) bond motifs is 1. The summed E-state index contributed by atoms with van der Waals surface area (Å²) in [7, 11) is 0. The molecular weight excluding hydrogens is 186 g/mol. The Bertz CT molecular complexity index is 312. The second kappa shape index (κ2) is 3.08. The van der Waals surface area contributed by atoms with E-state index in [0.29, 0.717) is 19.3 Å². The lowest BCUT2D eigenvalue weighted by atomic mass is 10.1. The second-order valence-corrected chi connectivity index (χ2v) is 3.63. The van der Waals surface area contributed by atoms with Crippen molar-refractivity contribution in [1.82, 2.24) is 4.90 Å². The maximum absolute atomic E-state index is 11.6. The van der Waals surface area contributed by atoms with Crippen LogP contribution in [0.4, 0.5) is 0 Å². The molecule has 0 unspecified atom stereocenters. The van der Waals surface area contributed by atoms with Gasteiger partial charge < -0.3 is 4.74 Å². The molecule has 0 aromatic rings. The lowest BCUT2D eigenvalue weighted by Gasteiger charge is -2.11. The van der Waals surface area contributed by atoms with Gasteiger partial charge in [-0.05, 0) is 6.42 Å². The smallest absolute Gasteiger partial charge is 0.303 e. The summed E-state index contributed by atoms with van der Waals surface area (Å²) in [4.78, 5) is 34.7. The van der Waals surface area contributed by atoms with E-state index in [1.165, 1.54) is 11.8 Å². The number of ether oxygens (including phenoxy) is 1. The molecular formula is C9H11NO4. The Morgan fingerprint density at radius 3 is 2.79 bits per heavy atom. The minimum absolute atomic E-state index is 0.0423. The third-order valence-corrected chi connectivity index (χ3v) is 2.63. The molecule has 0 saturated carbocycles. The fourth-order valence-corrected chi connectivity index (χ4v) is 2.07. The monoisotopic (exact) mass is 197 g/mol. The van der Waals surface area contributed by atoms with Gasteiger partial charge in [0.05, 0.1) is 0 Å². The fraction of sp³-hybridized carbons (Fsp3) is 0.667. The van der Waals surface area contributed by atoms with E-state index in [1.807, 2.05) is 0 Å². The molecule has 2 atom stereocenters. The second-order valence-electron chi connectivity index (χ2n) is 3.63. The van der Waals surface area contributed by atoms with Gasteiger partial charge in [0.25, 0.3) is 5.91 Å². The van der Waals surface area contributed by atoms with Crippen molar-refractivity contribution in [3.63, 3.8) is 0 Å². The van der Waals surface area contributed by atoms with E-state index in [4.69, 9.17) is 4.74 Å². The normalized spacial score (nSPS) is 30.8. The maximum atomic E-state index is 11.6. The lowest BCUT2D eigenvalue weighted by Crippen LogP contribution is -2.35. The predicted octanol–water partition coefficient (Wildman–Crippen LogP) is -0.161. The van der Waals surface area contributed by atoms with Crippen LogP contribution < -0.4 is 0 Å². The van der Waals surface area contributed by atoms with Gasteiger partial charge in [0.2, 0.25) is 5.91 Å². The van der Waals surface area contributed by atoms with Crippen molar-refractivity contribution in [3.05, 3.63) is 0 Å². The van der Waals surface area contributed by atoms with Crippen LogP contribution in [0.25, 0.3) is 0 Å². The fourth-order valence-electron chi connectivity index (χ4n) is 2.07. The molecule has 2 saturated heterocycles. The molecule has 0 aliphatic carbocycles. The lowest BCUT2D eigenvalue weighted by molar-refractivity contribution is -0.156. The molecule has 0 radical (unpaired) electrons. The molecule has 0 bridgehead atoms. The summed E-state index contributed by atoms with van der Waals surface area (Å²) in [6, 6.07) is -0.0423. The van der Waals surface area contributed by atoms with Gasteiger partial charge in [0, 0.05) is 25.8 Å². The van der Waals surface area contributed by atoms with Crippen LogP contribution >= 0.6 is 0 Å². The van der Waals surface area contributed by atoms with Crippen LogP contribution in [-0.4, -0.2) is 34.8 Å². The molecule has 2 heterocycles. The number of hydrogen-bond acceptors (Lipinski definition) is 4. The Hall–Kier alpha value is -1.39. The molecule has 2 amide bonds. The summed E-state index contributed by atoms with van der Waals surface area (Å²) in [5.41, 5.74) is 0. The van der Waals surface area contributed by atoms with Crippen molar-refractivity contribution < 1.29 is 19.1 Å². The number of carbonyl (C=O) groups is 3. The van der Waals surface area contributed by atoms with Crippen LogP contribution in [-0.2, 0) is 19.1 Å². The first-order chi connectivity index (χ1) is 6.59. The first-order valence-electron chi connectivity index (χ1n) is 4.62. The van der Waals surface area contributed by atoms with E-state index in [2.05, 4.69) is 0 Å². The van der Waals surface area contributed by atoms with Crippen molar-refractivity contribution in [3.8, 4) is 0 Å². The Morgan fingerprint density at radius 1 is 1.50 bits per heavy atom. The van der Waals surface area contributed by atoms with Gasteiger partial charge in [-0.3, -0.25) is 19.3 Å². The molecule has 0 N–H and O–H groups in total. The van der Waals surface area contributed by atoms with E-state index >= 15 is 0 Å². The van der Waals surface area contributed by atoms with E-state index in [0.717, 1.165) is 0 Å². The summed E-state index contributed by atoms with van der Waals surface area (Å²) >= 11 is 0. The maximum Gasteiger partial charge on any atom is 0.303 e. The van der Waals surface area contributed by atoms with Crippen LogP contribution in [0.3, 0.4) is 0 Å². The average molecular weight is 197 g/mol. The number of nitrogens with zero attached hydrogens (tertiary/aromatic N) is 1. The first kappa shape index (κ1) is 9.18. The summed E-state index contributed by atoms with van der Waals surface area (Å²) in [5.74, 6) is -0.973. The van der Waals surface area contributed by atoms with Gasteiger partial charge in [0.1, 0.15) is 0 Å².